The lowest BCUT2D eigenvalue weighted by Gasteiger charge is -1.91. The number of hydrogen-bond donors (Lipinski definition) is 2. The number of carboxylic acids is 1. The molecule has 0 saturated carbocycles. The summed E-state index contributed by atoms with van der Waals surface area (Å²) in [5.41, 5.74) is 3.39. The zero-order valence-electron chi connectivity index (χ0n) is 8.26. The third kappa shape index (κ3) is 1.07. The zero-order valence-corrected chi connectivity index (χ0v) is 9.08. The molecule has 0 aliphatic rings. The number of rotatable bonds is 1. The monoisotopic (exact) mass is 209 g/mol. The SMILES string of the molecule is Cc1[nH]c2c(C(=O)O)c(C)sc2c1C. The lowest BCUT2D eigenvalue weighted by atomic mass is 10.2. The van der Waals surface area contributed by atoms with Gasteiger partial charge in [-0.3, -0.25) is 0 Å². The summed E-state index contributed by atoms with van der Waals surface area (Å²) in [6.45, 7) is 5.81. The van der Waals surface area contributed by atoms with Crippen molar-refractivity contribution in [1.82, 2.24) is 4.98 Å². The topological polar surface area (TPSA) is 53.1 Å². The van der Waals surface area contributed by atoms with Gasteiger partial charge in [0.25, 0.3) is 0 Å². The van der Waals surface area contributed by atoms with Crippen molar-refractivity contribution in [2.24, 2.45) is 0 Å². The average Bonchev–Trinajstić information content (AvgIpc) is 2.51. The molecule has 0 aliphatic carbocycles. The molecular formula is C10H11NO2S. The molecule has 0 bridgehead atoms. The first kappa shape index (κ1) is 9.27. The van der Waals surface area contributed by atoms with E-state index in [1.54, 1.807) is 11.3 Å². The maximum atomic E-state index is 11.0. The predicted molar refractivity (Wildman–Crippen MR) is 57.3 cm³/mol. The number of carbonyl (C=O) groups is 1. The number of aryl methyl sites for hydroxylation is 3. The van der Waals surface area contributed by atoms with E-state index in [0.29, 0.717) is 5.56 Å². The maximum absolute atomic E-state index is 11.0. The van der Waals surface area contributed by atoms with Gasteiger partial charge >= 0.3 is 5.97 Å². The summed E-state index contributed by atoms with van der Waals surface area (Å²) in [7, 11) is 0. The van der Waals surface area contributed by atoms with Gasteiger partial charge in [-0.25, -0.2) is 4.79 Å². The van der Waals surface area contributed by atoms with Gasteiger partial charge in [0.1, 0.15) is 0 Å². The van der Waals surface area contributed by atoms with Crippen LogP contribution >= 0.6 is 11.3 Å². The van der Waals surface area contributed by atoms with Crippen LogP contribution in [0.1, 0.15) is 26.5 Å². The third-order valence-electron chi connectivity index (χ3n) is 2.51. The van der Waals surface area contributed by atoms with Crippen molar-refractivity contribution >= 4 is 27.5 Å². The number of H-pyrrole nitrogens is 1. The number of aromatic carboxylic acids is 1. The van der Waals surface area contributed by atoms with Crippen molar-refractivity contribution in [2.45, 2.75) is 20.8 Å². The lowest BCUT2D eigenvalue weighted by Crippen LogP contribution is -1.96. The highest BCUT2D eigenvalue weighted by molar-refractivity contribution is 7.19. The van der Waals surface area contributed by atoms with Crippen LogP contribution in [0.3, 0.4) is 0 Å². The number of aromatic nitrogens is 1. The van der Waals surface area contributed by atoms with Crippen LogP contribution in [-0.2, 0) is 0 Å². The highest BCUT2D eigenvalue weighted by Gasteiger charge is 2.18. The van der Waals surface area contributed by atoms with E-state index in [4.69, 9.17) is 5.11 Å². The summed E-state index contributed by atoms with van der Waals surface area (Å²) in [6.07, 6.45) is 0. The number of thiophene rings is 1. The van der Waals surface area contributed by atoms with Gasteiger partial charge in [-0.2, -0.15) is 0 Å². The van der Waals surface area contributed by atoms with Crippen LogP contribution in [-0.4, -0.2) is 16.1 Å². The largest absolute Gasteiger partial charge is 0.478 e. The van der Waals surface area contributed by atoms with Gasteiger partial charge in [0.2, 0.25) is 0 Å². The molecule has 0 aliphatic heterocycles. The van der Waals surface area contributed by atoms with Crippen LogP contribution in [0.25, 0.3) is 10.2 Å². The Morgan fingerprint density at radius 1 is 1.36 bits per heavy atom. The first-order chi connectivity index (χ1) is 6.52. The average molecular weight is 209 g/mol. The van der Waals surface area contributed by atoms with Crippen LogP contribution < -0.4 is 0 Å². The fourth-order valence-corrected chi connectivity index (χ4v) is 2.80. The van der Waals surface area contributed by atoms with E-state index in [1.807, 2.05) is 20.8 Å². The van der Waals surface area contributed by atoms with E-state index in [9.17, 15) is 4.79 Å². The van der Waals surface area contributed by atoms with E-state index >= 15 is 0 Å². The zero-order chi connectivity index (χ0) is 10.5. The minimum Gasteiger partial charge on any atom is -0.478 e. The molecule has 2 aromatic heterocycles. The fraction of sp³-hybridized carbons (Fsp3) is 0.300. The Hall–Kier alpha value is -1.29. The van der Waals surface area contributed by atoms with Crippen molar-refractivity contribution in [3.05, 3.63) is 21.7 Å². The minimum atomic E-state index is -0.852. The Bertz CT molecular complexity index is 522. The fourth-order valence-electron chi connectivity index (χ4n) is 1.64. The number of fused-ring (bicyclic) bond motifs is 1. The summed E-state index contributed by atoms with van der Waals surface area (Å²) in [6, 6.07) is 0. The third-order valence-corrected chi connectivity index (χ3v) is 3.74. The molecule has 0 amide bonds. The molecule has 2 heterocycles. The minimum absolute atomic E-state index is 0.418. The summed E-state index contributed by atoms with van der Waals surface area (Å²) < 4.78 is 1.07. The van der Waals surface area contributed by atoms with Gasteiger partial charge in [-0.15, -0.1) is 11.3 Å². The second-order valence-corrected chi connectivity index (χ2v) is 4.64. The number of carboxylic acid groups (broad SMARTS) is 1. The smallest absolute Gasteiger partial charge is 0.338 e. The van der Waals surface area contributed by atoms with Gasteiger partial charge in [-0.05, 0) is 26.3 Å². The quantitative estimate of drug-likeness (QED) is 0.758. The van der Waals surface area contributed by atoms with Crippen molar-refractivity contribution in [2.75, 3.05) is 0 Å². The molecule has 2 N–H and O–H groups in total. The van der Waals surface area contributed by atoms with Gasteiger partial charge < -0.3 is 10.1 Å². The van der Waals surface area contributed by atoms with Gasteiger partial charge in [-0.1, -0.05) is 0 Å². The Balaban J connectivity index is 2.88. The van der Waals surface area contributed by atoms with Crippen molar-refractivity contribution in [3.8, 4) is 0 Å². The van der Waals surface area contributed by atoms with Crippen LogP contribution in [0.2, 0.25) is 0 Å². The molecular weight excluding hydrogens is 198 g/mol. The normalized spacial score (nSPS) is 11.1. The van der Waals surface area contributed by atoms with Crippen molar-refractivity contribution in [3.63, 3.8) is 0 Å². The highest BCUT2D eigenvalue weighted by atomic mass is 32.1. The number of nitrogens with one attached hydrogen (secondary N) is 1. The number of aromatic amines is 1. The molecule has 74 valence electrons. The predicted octanol–water partition coefficient (Wildman–Crippen LogP) is 2.85. The second-order valence-electron chi connectivity index (χ2n) is 3.42. The summed E-state index contributed by atoms with van der Waals surface area (Å²) in [4.78, 5) is 15.0. The second kappa shape index (κ2) is 2.85. The van der Waals surface area contributed by atoms with Gasteiger partial charge in [0.05, 0.1) is 15.8 Å². The van der Waals surface area contributed by atoms with Crippen LogP contribution in [0.15, 0.2) is 0 Å². The van der Waals surface area contributed by atoms with Crippen LogP contribution in [0.5, 0.6) is 0 Å². The molecule has 0 unspecified atom stereocenters. The van der Waals surface area contributed by atoms with Crippen LogP contribution in [0.4, 0.5) is 0 Å². The van der Waals surface area contributed by atoms with Crippen LogP contribution in [0, 0.1) is 20.8 Å². The Morgan fingerprint density at radius 3 is 2.57 bits per heavy atom. The highest BCUT2D eigenvalue weighted by Crippen LogP contribution is 2.34. The van der Waals surface area contributed by atoms with Gasteiger partial charge in [0.15, 0.2) is 0 Å². The Morgan fingerprint density at radius 2 is 2.00 bits per heavy atom. The summed E-state index contributed by atoms with van der Waals surface area (Å²) in [5.74, 6) is -0.852. The first-order valence-electron chi connectivity index (χ1n) is 4.34. The van der Waals surface area contributed by atoms with E-state index in [1.165, 1.54) is 0 Å². The molecule has 14 heavy (non-hydrogen) atoms. The lowest BCUT2D eigenvalue weighted by molar-refractivity contribution is 0.0698. The molecule has 2 rings (SSSR count). The summed E-state index contributed by atoms with van der Waals surface area (Å²) >= 11 is 1.54. The van der Waals surface area contributed by atoms with Crippen molar-refractivity contribution < 1.29 is 9.90 Å². The van der Waals surface area contributed by atoms with Crippen molar-refractivity contribution in [1.29, 1.82) is 0 Å². The summed E-state index contributed by atoms with van der Waals surface area (Å²) in [5, 5.41) is 9.04. The molecule has 2 aromatic rings. The standard InChI is InChI=1S/C10H11NO2S/c1-4-5(2)11-8-7(10(12)13)6(3)14-9(4)8/h11H,1-3H3,(H,12,13). The molecule has 0 saturated heterocycles. The first-order valence-corrected chi connectivity index (χ1v) is 5.15. The molecule has 0 spiro atoms. The van der Waals surface area contributed by atoms with E-state index < -0.39 is 5.97 Å². The van der Waals surface area contributed by atoms with E-state index in [2.05, 4.69) is 4.98 Å². The van der Waals surface area contributed by atoms with Gasteiger partial charge in [0, 0.05) is 10.6 Å². The Kier molecular flexibility index (Phi) is 1.89. The Labute approximate surface area is 85.4 Å². The molecule has 0 radical (unpaired) electrons. The van der Waals surface area contributed by atoms with E-state index in [-0.39, 0.29) is 0 Å². The number of hydrogen-bond acceptors (Lipinski definition) is 2. The maximum Gasteiger partial charge on any atom is 0.338 e. The molecule has 3 nitrogen and oxygen atoms in total. The molecule has 4 heteroatoms. The molecule has 0 fully saturated rings. The molecule has 0 aromatic carbocycles. The molecule has 0 atom stereocenters. The van der Waals surface area contributed by atoms with E-state index in [0.717, 1.165) is 26.4 Å².